The van der Waals surface area contributed by atoms with Crippen LogP contribution in [0.3, 0.4) is 0 Å². The summed E-state index contributed by atoms with van der Waals surface area (Å²) in [5.74, 6) is -0.705. The number of hydrogen-bond donors (Lipinski definition) is 1. The van der Waals surface area contributed by atoms with Crippen LogP contribution >= 0.6 is 11.6 Å². The van der Waals surface area contributed by atoms with Crippen LogP contribution in [0.2, 0.25) is 5.02 Å². The number of halogens is 1. The third-order valence-electron chi connectivity index (χ3n) is 6.38. The monoisotopic (exact) mass is 527 g/mol. The minimum Gasteiger partial charge on any atom is -0.481 e. The Hall–Kier alpha value is -3.10. The van der Waals surface area contributed by atoms with E-state index in [2.05, 4.69) is 10.3 Å². The number of esters is 2. The number of fused-ring (bicyclic) bond motifs is 1. The zero-order valence-electron chi connectivity index (χ0n) is 22.0. The molecule has 3 heterocycles. The average Bonchev–Trinajstić information content (AvgIpc) is 3.17. The van der Waals surface area contributed by atoms with Crippen LogP contribution in [0.5, 0.6) is 5.88 Å². The lowest BCUT2D eigenvalue weighted by molar-refractivity contribution is -0.161. The predicted octanol–water partition coefficient (Wildman–Crippen LogP) is 5.42. The molecule has 1 aliphatic rings. The van der Waals surface area contributed by atoms with E-state index >= 15 is 0 Å². The number of carbonyl (C=O) groups is 2. The fourth-order valence-corrected chi connectivity index (χ4v) is 5.18. The maximum atomic E-state index is 13.9. The molecule has 198 valence electrons. The molecule has 1 fully saturated rings. The predicted molar refractivity (Wildman–Crippen MR) is 143 cm³/mol. The van der Waals surface area contributed by atoms with E-state index in [4.69, 9.17) is 25.8 Å². The van der Waals surface area contributed by atoms with Gasteiger partial charge >= 0.3 is 11.9 Å². The van der Waals surface area contributed by atoms with Crippen LogP contribution in [-0.2, 0) is 14.3 Å². The van der Waals surface area contributed by atoms with Crippen LogP contribution in [0.25, 0.3) is 22.0 Å². The lowest BCUT2D eigenvalue weighted by atomic mass is 9.91. The molecule has 4 rings (SSSR count). The van der Waals surface area contributed by atoms with Gasteiger partial charge in [0.1, 0.15) is 17.3 Å². The quantitative estimate of drug-likeness (QED) is 0.410. The Balaban J connectivity index is 2.09. The summed E-state index contributed by atoms with van der Waals surface area (Å²) in [5.41, 5.74) is 1.37. The van der Waals surface area contributed by atoms with Crippen molar-refractivity contribution < 1.29 is 23.8 Å². The minimum absolute atomic E-state index is 0.105. The average molecular weight is 528 g/mol. The normalized spacial score (nSPS) is 16.9. The Morgan fingerprint density at radius 2 is 2.05 bits per heavy atom. The summed E-state index contributed by atoms with van der Waals surface area (Å²) in [7, 11) is 1.53. The first-order valence-electron chi connectivity index (χ1n) is 12.6. The number of pyridine rings is 1. The van der Waals surface area contributed by atoms with Crippen molar-refractivity contribution in [1.82, 2.24) is 14.9 Å². The topological polar surface area (TPSA) is 91.7 Å². The van der Waals surface area contributed by atoms with Crippen LogP contribution < -0.4 is 10.1 Å². The van der Waals surface area contributed by atoms with E-state index in [9.17, 15) is 9.59 Å². The molecule has 1 aromatic carbocycles. The molecule has 1 aliphatic heterocycles. The first kappa shape index (κ1) is 26.9. The molecule has 0 radical (unpaired) electrons. The maximum absolute atomic E-state index is 13.9. The molecule has 37 heavy (non-hydrogen) atoms. The van der Waals surface area contributed by atoms with Gasteiger partial charge in [0.05, 0.1) is 19.2 Å². The zero-order chi connectivity index (χ0) is 26.7. The van der Waals surface area contributed by atoms with Crippen molar-refractivity contribution in [2.24, 2.45) is 5.92 Å². The minimum atomic E-state index is -0.772. The number of nitrogens with zero attached hydrogens (tertiary/aromatic N) is 2. The summed E-state index contributed by atoms with van der Waals surface area (Å²) in [6, 6.07) is 8.22. The molecule has 1 saturated heterocycles. The van der Waals surface area contributed by atoms with E-state index in [-0.39, 0.29) is 18.2 Å². The Morgan fingerprint density at radius 3 is 2.70 bits per heavy atom. The third kappa shape index (κ3) is 5.60. The van der Waals surface area contributed by atoms with Crippen LogP contribution in [-0.4, -0.2) is 53.9 Å². The second-order valence-corrected chi connectivity index (χ2v) is 10.6. The number of aromatic nitrogens is 2. The van der Waals surface area contributed by atoms with E-state index in [0.29, 0.717) is 39.5 Å². The summed E-state index contributed by atoms with van der Waals surface area (Å²) in [6.45, 7) is 8.94. The van der Waals surface area contributed by atoms with Gasteiger partial charge in [-0.25, -0.2) is 14.6 Å². The van der Waals surface area contributed by atoms with E-state index in [0.717, 1.165) is 19.4 Å². The number of piperidine rings is 1. The molecule has 8 nitrogen and oxygen atoms in total. The van der Waals surface area contributed by atoms with Crippen LogP contribution in [0.15, 0.2) is 36.5 Å². The van der Waals surface area contributed by atoms with Crippen LogP contribution in [0.4, 0.5) is 0 Å². The van der Waals surface area contributed by atoms with Gasteiger partial charge in [-0.2, -0.15) is 0 Å². The molecule has 0 amide bonds. The van der Waals surface area contributed by atoms with Gasteiger partial charge in [0.15, 0.2) is 0 Å². The Morgan fingerprint density at radius 1 is 1.27 bits per heavy atom. The third-order valence-corrected chi connectivity index (χ3v) is 6.61. The molecule has 2 unspecified atom stereocenters. The van der Waals surface area contributed by atoms with Gasteiger partial charge in [0, 0.05) is 40.2 Å². The summed E-state index contributed by atoms with van der Waals surface area (Å²) in [4.78, 5) is 31.9. The highest BCUT2D eigenvalue weighted by molar-refractivity contribution is 6.31. The summed E-state index contributed by atoms with van der Waals surface area (Å²) >= 11 is 6.46. The highest BCUT2D eigenvalue weighted by atomic mass is 35.5. The van der Waals surface area contributed by atoms with Crippen molar-refractivity contribution in [3.63, 3.8) is 0 Å². The SMILES string of the molecule is CCOC(=O)c1c(-c2cccnc2OC)c2cc(Cl)ccc2n1C(C(=O)OC(C)(C)C)C1CCCNC1. The molecule has 2 aromatic heterocycles. The van der Waals surface area contributed by atoms with Crippen molar-refractivity contribution in [3.05, 3.63) is 47.2 Å². The summed E-state index contributed by atoms with van der Waals surface area (Å²) in [6.07, 6.45) is 3.33. The highest BCUT2D eigenvalue weighted by Crippen LogP contribution is 2.43. The Bertz CT molecular complexity index is 1290. The van der Waals surface area contributed by atoms with Crippen molar-refractivity contribution >= 4 is 34.4 Å². The van der Waals surface area contributed by atoms with E-state index in [1.807, 2.05) is 32.9 Å². The molecular formula is C28H34ClN3O5. The van der Waals surface area contributed by atoms with Gasteiger partial charge in [-0.05, 0) is 77.4 Å². The fraction of sp³-hybridized carbons (Fsp3) is 0.464. The number of ether oxygens (including phenoxy) is 3. The number of methoxy groups -OCH3 is 1. The van der Waals surface area contributed by atoms with Gasteiger partial charge in [0.25, 0.3) is 0 Å². The largest absolute Gasteiger partial charge is 0.481 e. The number of carbonyl (C=O) groups excluding carboxylic acids is 2. The Labute approximate surface area is 222 Å². The molecule has 9 heteroatoms. The molecular weight excluding hydrogens is 494 g/mol. The molecule has 1 N–H and O–H groups in total. The molecule has 0 spiro atoms. The number of hydrogen-bond acceptors (Lipinski definition) is 7. The van der Waals surface area contributed by atoms with Gasteiger partial charge in [-0.15, -0.1) is 0 Å². The number of nitrogens with one attached hydrogen (secondary N) is 1. The summed E-state index contributed by atoms with van der Waals surface area (Å²) < 4.78 is 18.8. The smallest absolute Gasteiger partial charge is 0.355 e. The van der Waals surface area contributed by atoms with E-state index in [1.165, 1.54) is 7.11 Å². The van der Waals surface area contributed by atoms with Crippen molar-refractivity contribution in [2.75, 3.05) is 26.8 Å². The second kappa shape index (κ2) is 11.1. The fourth-order valence-electron chi connectivity index (χ4n) is 5.01. The molecule has 0 saturated carbocycles. The maximum Gasteiger partial charge on any atom is 0.355 e. The Kier molecular flexibility index (Phi) is 8.09. The van der Waals surface area contributed by atoms with Crippen LogP contribution in [0.1, 0.15) is 57.1 Å². The first-order valence-corrected chi connectivity index (χ1v) is 13.0. The number of benzene rings is 1. The van der Waals surface area contributed by atoms with Gasteiger partial charge in [-0.1, -0.05) is 11.6 Å². The standard InChI is InChI=1S/C28H34ClN3O5/c1-6-36-26(33)24-22(19-10-8-14-31-25(19)35-5)20-15-18(29)11-12-21(20)32(24)23(17-9-7-13-30-16-17)27(34)37-28(2,3)4/h8,10-12,14-15,17,23,30H,6-7,9,13,16H2,1-5H3. The molecule has 2 atom stereocenters. The van der Waals surface area contributed by atoms with Gasteiger partial charge in [0.2, 0.25) is 5.88 Å². The molecule has 3 aromatic rings. The van der Waals surface area contributed by atoms with Crippen molar-refractivity contribution in [3.8, 4) is 17.0 Å². The number of rotatable bonds is 7. The lowest BCUT2D eigenvalue weighted by Gasteiger charge is -2.33. The summed E-state index contributed by atoms with van der Waals surface area (Å²) in [5, 5.41) is 4.59. The second-order valence-electron chi connectivity index (χ2n) is 10.1. The highest BCUT2D eigenvalue weighted by Gasteiger charge is 2.40. The zero-order valence-corrected chi connectivity index (χ0v) is 22.7. The molecule has 0 aliphatic carbocycles. The van der Waals surface area contributed by atoms with Crippen molar-refractivity contribution in [1.29, 1.82) is 0 Å². The van der Waals surface area contributed by atoms with E-state index in [1.54, 1.807) is 35.9 Å². The lowest BCUT2D eigenvalue weighted by Crippen LogP contribution is -2.41. The first-order chi connectivity index (χ1) is 17.7. The van der Waals surface area contributed by atoms with Crippen LogP contribution in [0, 0.1) is 5.92 Å². The van der Waals surface area contributed by atoms with Gasteiger partial charge in [-0.3, -0.25) is 0 Å². The van der Waals surface area contributed by atoms with Crippen molar-refractivity contribution in [2.45, 2.75) is 52.2 Å². The molecule has 0 bridgehead atoms. The van der Waals surface area contributed by atoms with E-state index < -0.39 is 23.6 Å². The van der Waals surface area contributed by atoms with Gasteiger partial charge < -0.3 is 24.1 Å².